The fourth-order valence-electron chi connectivity index (χ4n) is 5.13. The number of rotatable bonds is 8. The number of amides is 3. The van der Waals surface area contributed by atoms with Gasteiger partial charge in [0.05, 0.1) is 24.8 Å². The van der Waals surface area contributed by atoms with Crippen molar-refractivity contribution in [1.29, 1.82) is 5.26 Å². The molecular formula is C25H29F4N5O5. The molecule has 3 fully saturated rings. The van der Waals surface area contributed by atoms with E-state index in [0.29, 0.717) is 45.3 Å². The number of morpholine rings is 1. The summed E-state index contributed by atoms with van der Waals surface area (Å²) in [5.41, 5.74) is -1.19. The standard InChI is InChI=1S/C25H29F4N5O5/c26-19-10-16(25(27,28)29)1-2-21(19)39-14-22(35)34-13-18(33-5-7-38-8-6-33)11-20(34)24(37)32-17(12-30)9-15-3-4-31-23(15)36/h1-2,10,15,17-18,20H,3-9,11,13-14H2,(H,31,36)(H,32,37)/t15-,17-,18+,20-/m0/s1. The Hall–Kier alpha value is -3.44. The highest BCUT2D eigenvalue weighted by Crippen LogP contribution is 2.32. The third-order valence-corrected chi connectivity index (χ3v) is 7.23. The zero-order valence-corrected chi connectivity index (χ0v) is 21.0. The summed E-state index contributed by atoms with van der Waals surface area (Å²) in [6.45, 7) is 2.16. The first kappa shape index (κ1) is 28.6. The van der Waals surface area contributed by atoms with Crippen LogP contribution in [0.2, 0.25) is 0 Å². The number of carbonyl (C=O) groups is 3. The van der Waals surface area contributed by atoms with Crippen molar-refractivity contribution in [2.75, 3.05) is 46.0 Å². The Labute approximate surface area is 222 Å². The Kier molecular flexibility index (Phi) is 8.91. The Morgan fingerprint density at radius 2 is 2.03 bits per heavy atom. The molecule has 3 aliphatic heterocycles. The predicted octanol–water partition coefficient (Wildman–Crippen LogP) is 1.06. The van der Waals surface area contributed by atoms with Crippen molar-refractivity contribution in [2.24, 2.45) is 5.92 Å². The van der Waals surface area contributed by atoms with Gasteiger partial charge in [0.25, 0.3) is 5.91 Å². The molecule has 0 saturated carbocycles. The van der Waals surface area contributed by atoms with Gasteiger partial charge >= 0.3 is 6.18 Å². The van der Waals surface area contributed by atoms with Crippen LogP contribution in [0.4, 0.5) is 17.6 Å². The Balaban J connectivity index is 1.44. The van der Waals surface area contributed by atoms with Crippen molar-refractivity contribution in [3.63, 3.8) is 0 Å². The topological polar surface area (TPSA) is 124 Å². The number of carbonyl (C=O) groups excluding carboxylic acids is 3. The van der Waals surface area contributed by atoms with Crippen molar-refractivity contribution in [3.8, 4) is 11.8 Å². The maximum Gasteiger partial charge on any atom is 0.416 e. The lowest BCUT2D eigenvalue weighted by atomic mass is 9.98. The first-order valence-corrected chi connectivity index (χ1v) is 12.7. The first-order chi connectivity index (χ1) is 18.6. The maximum absolute atomic E-state index is 14.2. The van der Waals surface area contributed by atoms with Crippen molar-refractivity contribution in [2.45, 2.75) is 43.6 Å². The van der Waals surface area contributed by atoms with Crippen LogP contribution in [-0.4, -0.2) is 91.6 Å². The number of nitrogens with one attached hydrogen (secondary N) is 2. The van der Waals surface area contributed by atoms with Gasteiger partial charge in [-0.05, 0) is 37.5 Å². The molecule has 0 aliphatic carbocycles. The van der Waals surface area contributed by atoms with E-state index in [1.807, 2.05) is 6.07 Å². The van der Waals surface area contributed by atoms with Crippen molar-refractivity contribution in [3.05, 3.63) is 29.6 Å². The molecule has 0 spiro atoms. The summed E-state index contributed by atoms with van der Waals surface area (Å²) in [5.74, 6) is -3.60. The zero-order valence-electron chi connectivity index (χ0n) is 21.0. The number of hydrogen-bond acceptors (Lipinski definition) is 7. The monoisotopic (exact) mass is 555 g/mol. The molecule has 3 heterocycles. The predicted molar refractivity (Wildman–Crippen MR) is 126 cm³/mol. The second-order valence-corrected chi connectivity index (χ2v) is 9.73. The number of nitrogens with zero attached hydrogens (tertiary/aromatic N) is 3. The molecule has 3 aliphatic rings. The van der Waals surface area contributed by atoms with E-state index in [0.717, 1.165) is 6.07 Å². The molecule has 39 heavy (non-hydrogen) atoms. The first-order valence-electron chi connectivity index (χ1n) is 12.7. The Morgan fingerprint density at radius 1 is 1.28 bits per heavy atom. The van der Waals surface area contributed by atoms with Crippen LogP contribution in [0.3, 0.4) is 0 Å². The van der Waals surface area contributed by atoms with Gasteiger partial charge in [-0.15, -0.1) is 0 Å². The summed E-state index contributed by atoms with van der Waals surface area (Å²) in [5, 5.41) is 14.9. The van der Waals surface area contributed by atoms with Crippen LogP contribution < -0.4 is 15.4 Å². The summed E-state index contributed by atoms with van der Waals surface area (Å²) in [4.78, 5) is 41.7. The fourth-order valence-corrected chi connectivity index (χ4v) is 5.13. The molecule has 4 rings (SSSR count). The Bertz CT molecular complexity index is 1120. The van der Waals surface area contributed by atoms with E-state index in [9.17, 15) is 37.2 Å². The molecule has 212 valence electrons. The lowest BCUT2D eigenvalue weighted by molar-refractivity contribution is -0.140. The second kappa shape index (κ2) is 12.2. The van der Waals surface area contributed by atoms with Crippen LogP contribution in [0.15, 0.2) is 18.2 Å². The summed E-state index contributed by atoms with van der Waals surface area (Å²) in [6, 6.07) is 1.65. The van der Waals surface area contributed by atoms with Crippen LogP contribution in [0.5, 0.6) is 5.75 Å². The van der Waals surface area contributed by atoms with E-state index in [1.54, 1.807) is 0 Å². The fraction of sp³-hybridized carbons (Fsp3) is 0.600. The summed E-state index contributed by atoms with van der Waals surface area (Å²) in [7, 11) is 0. The van der Waals surface area contributed by atoms with E-state index in [1.165, 1.54) is 4.90 Å². The summed E-state index contributed by atoms with van der Waals surface area (Å²) in [6.07, 6.45) is -3.77. The molecular weight excluding hydrogens is 526 g/mol. The van der Waals surface area contributed by atoms with Crippen LogP contribution >= 0.6 is 0 Å². The number of alkyl halides is 3. The SMILES string of the molecule is N#C[C@H](C[C@@H]1CCNC1=O)NC(=O)[C@@H]1C[C@@H](N2CCOCC2)CN1C(=O)COc1ccc(C(F)(F)F)cc1F. The molecule has 0 radical (unpaired) electrons. The quantitative estimate of drug-likeness (QED) is 0.460. The average molecular weight is 556 g/mol. The normalized spacial score (nSPS) is 24.6. The van der Waals surface area contributed by atoms with E-state index in [4.69, 9.17) is 9.47 Å². The van der Waals surface area contributed by atoms with Crippen molar-refractivity contribution >= 4 is 17.7 Å². The van der Waals surface area contributed by atoms with Gasteiger partial charge < -0.3 is 25.0 Å². The largest absolute Gasteiger partial charge is 0.481 e. The molecule has 14 heteroatoms. The second-order valence-electron chi connectivity index (χ2n) is 9.73. The van der Waals surface area contributed by atoms with E-state index < -0.39 is 59.7 Å². The van der Waals surface area contributed by atoms with Crippen molar-refractivity contribution in [1.82, 2.24) is 20.4 Å². The number of likely N-dealkylation sites (tertiary alicyclic amines) is 1. The highest BCUT2D eigenvalue weighted by Gasteiger charge is 2.43. The minimum absolute atomic E-state index is 0.137. The molecule has 3 amide bonds. The average Bonchev–Trinajstić information content (AvgIpc) is 3.54. The molecule has 0 bridgehead atoms. The van der Waals surface area contributed by atoms with Gasteiger partial charge in [0.2, 0.25) is 11.8 Å². The molecule has 4 atom stereocenters. The van der Waals surface area contributed by atoms with Gasteiger partial charge in [-0.2, -0.15) is 18.4 Å². The van der Waals surface area contributed by atoms with E-state index >= 15 is 0 Å². The summed E-state index contributed by atoms with van der Waals surface area (Å²) < 4.78 is 63.2. The molecule has 2 N–H and O–H groups in total. The highest BCUT2D eigenvalue weighted by atomic mass is 19.4. The summed E-state index contributed by atoms with van der Waals surface area (Å²) >= 11 is 0. The minimum atomic E-state index is -4.73. The maximum atomic E-state index is 14.2. The van der Waals surface area contributed by atoms with Gasteiger partial charge in [-0.25, -0.2) is 4.39 Å². The molecule has 3 saturated heterocycles. The van der Waals surface area contributed by atoms with Gasteiger partial charge in [0.15, 0.2) is 18.2 Å². The van der Waals surface area contributed by atoms with Gasteiger partial charge in [-0.3, -0.25) is 19.3 Å². The highest BCUT2D eigenvalue weighted by molar-refractivity contribution is 5.89. The van der Waals surface area contributed by atoms with E-state index in [2.05, 4.69) is 15.5 Å². The molecule has 1 aromatic rings. The minimum Gasteiger partial charge on any atom is -0.481 e. The number of hydrogen-bond donors (Lipinski definition) is 2. The van der Waals surface area contributed by atoms with Crippen LogP contribution in [0, 0.1) is 23.1 Å². The molecule has 10 nitrogen and oxygen atoms in total. The zero-order chi connectivity index (χ0) is 28.2. The Morgan fingerprint density at radius 3 is 2.64 bits per heavy atom. The number of benzene rings is 1. The van der Waals surface area contributed by atoms with E-state index in [-0.39, 0.29) is 37.4 Å². The molecule has 1 aromatic carbocycles. The van der Waals surface area contributed by atoms with Gasteiger partial charge in [0.1, 0.15) is 12.1 Å². The molecule has 0 aromatic heterocycles. The smallest absolute Gasteiger partial charge is 0.416 e. The van der Waals surface area contributed by atoms with Gasteiger partial charge in [0, 0.05) is 38.1 Å². The number of nitriles is 1. The van der Waals surface area contributed by atoms with Crippen LogP contribution in [0.1, 0.15) is 24.8 Å². The van der Waals surface area contributed by atoms with Gasteiger partial charge in [-0.1, -0.05) is 0 Å². The number of halogens is 4. The third kappa shape index (κ3) is 6.96. The lowest BCUT2D eigenvalue weighted by Gasteiger charge is -2.31. The number of ether oxygens (including phenoxy) is 2. The molecule has 0 unspecified atom stereocenters. The lowest BCUT2D eigenvalue weighted by Crippen LogP contribution is -2.50. The van der Waals surface area contributed by atoms with Crippen molar-refractivity contribution < 1.29 is 41.4 Å². The van der Waals surface area contributed by atoms with Crippen LogP contribution in [0.25, 0.3) is 0 Å². The van der Waals surface area contributed by atoms with Crippen LogP contribution in [-0.2, 0) is 25.3 Å². The third-order valence-electron chi connectivity index (χ3n) is 7.23.